The predicted molar refractivity (Wildman–Crippen MR) is 112 cm³/mol. The van der Waals surface area contributed by atoms with Crippen LogP contribution in [0.2, 0.25) is 0 Å². The van der Waals surface area contributed by atoms with Crippen molar-refractivity contribution in [2.24, 2.45) is 0 Å². The highest BCUT2D eigenvalue weighted by atomic mass is 16.5. The van der Waals surface area contributed by atoms with E-state index in [9.17, 15) is 0 Å². The second-order valence-corrected chi connectivity index (χ2v) is 7.88. The summed E-state index contributed by atoms with van der Waals surface area (Å²) in [6.07, 6.45) is 2.22. The molecule has 136 valence electrons. The summed E-state index contributed by atoms with van der Waals surface area (Å²) in [5, 5.41) is 0. The van der Waals surface area contributed by atoms with Crippen LogP contribution in [-0.4, -0.2) is 17.5 Å². The maximum absolute atomic E-state index is 6.33. The molecule has 0 bridgehead atoms. The van der Waals surface area contributed by atoms with Crippen molar-refractivity contribution in [1.29, 1.82) is 0 Å². The lowest BCUT2D eigenvalue weighted by Gasteiger charge is -2.30. The van der Waals surface area contributed by atoms with E-state index in [0.717, 1.165) is 11.3 Å². The summed E-state index contributed by atoms with van der Waals surface area (Å²) in [6, 6.07) is 23.6. The predicted octanol–water partition coefficient (Wildman–Crippen LogP) is 5.74. The molecule has 0 radical (unpaired) electrons. The van der Waals surface area contributed by atoms with Crippen LogP contribution < -0.4 is 4.74 Å². The van der Waals surface area contributed by atoms with Gasteiger partial charge in [0.1, 0.15) is 5.75 Å². The number of hydrogen-bond acceptors (Lipinski definition) is 1. The molecule has 0 saturated heterocycles. The Hall–Kier alpha value is -2.87. The van der Waals surface area contributed by atoms with Crippen molar-refractivity contribution >= 4 is 11.9 Å². The minimum absolute atomic E-state index is 0.129. The second-order valence-electron chi connectivity index (χ2n) is 7.88. The van der Waals surface area contributed by atoms with Crippen LogP contribution in [0, 0.1) is 13.8 Å². The van der Waals surface area contributed by atoms with E-state index in [-0.39, 0.29) is 5.41 Å². The molecule has 4 rings (SSSR count). The zero-order valence-corrected chi connectivity index (χ0v) is 16.5. The summed E-state index contributed by atoms with van der Waals surface area (Å²) >= 11 is 0. The zero-order valence-electron chi connectivity index (χ0n) is 16.5. The monoisotopic (exact) mass is 356 g/mol. The largest absolute Gasteiger partial charge is 0.435 e. The van der Waals surface area contributed by atoms with Crippen LogP contribution in [0.1, 0.15) is 41.7 Å². The Morgan fingerprint density at radius 2 is 1.59 bits per heavy atom. The van der Waals surface area contributed by atoms with Gasteiger partial charge in [-0.25, -0.2) is 0 Å². The highest BCUT2D eigenvalue weighted by Crippen LogP contribution is 2.40. The fourth-order valence-corrected chi connectivity index (χ4v) is 3.90. The van der Waals surface area contributed by atoms with Gasteiger partial charge in [-0.15, -0.1) is 0 Å². The van der Waals surface area contributed by atoms with E-state index in [1.165, 1.54) is 27.9 Å². The molecule has 0 saturated carbocycles. The van der Waals surface area contributed by atoms with Crippen molar-refractivity contribution in [2.75, 3.05) is 6.73 Å². The van der Waals surface area contributed by atoms with E-state index in [4.69, 9.17) is 4.74 Å². The SMILES string of the molecule is Cc1cc2c(c(C(C)(C)c3ccccc3)c1)OC[N+](c1ccccc1C)=C2. The van der Waals surface area contributed by atoms with Crippen LogP contribution in [0.3, 0.4) is 0 Å². The molecule has 0 amide bonds. The number of ether oxygens (including phenoxy) is 1. The van der Waals surface area contributed by atoms with Crippen molar-refractivity contribution < 1.29 is 9.31 Å². The van der Waals surface area contributed by atoms with E-state index in [2.05, 4.69) is 105 Å². The molecule has 0 atom stereocenters. The third-order valence-electron chi connectivity index (χ3n) is 5.50. The normalized spacial score (nSPS) is 13.6. The lowest BCUT2D eigenvalue weighted by atomic mass is 9.76. The van der Waals surface area contributed by atoms with Gasteiger partial charge in [-0.2, -0.15) is 4.58 Å². The van der Waals surface area contributed by atoms with Crippen molar-refractivity contribution in [3.05, 3.63) is 94.5 Å². The average Bonchev–Trinajstić information content (AvgIpc) is 2.68. The quantitative estimate of drug-likeness (QED) is 0.545. The van der Waals surface area contributed by atoms with E-state index < -0.39 is 0 Å². The van der Waals surface area contributed by atoms with Crippen molar-refractivity contribution in [2.45, 2.75) is 33.1 Å². The maximum atomic E-state index is 6.33. The summed E-state index contributed by atoms with van der Waals surface area (Å²) in [7, 11) is 0. The smallest absolute Gasteiger partial charge is 0.292 e. The number of aryl methyl sites for hydroxylation is 2. The molecule has 0 unspecified atom stereocenters. The van der Waals surface area contributed by atoms with Crippen LogP contribution in [-0.2, 0) is 5.41 Å². The van der Waals surface area contributed by atoms with Gasteiger partial charge in [0.2, 0.25) is 5.69 Å². The Morgan fingerprint density at radius 3 is 2.33 bits per heavy atom. The summed E-state index contributed by atoms with van der Waals surface area (Å²) < 4.78 is 8.53. The lowest BCUT2D eigenvalue weighted by Crippen LogP contribution is -2.26. The Balaban J connectivity index is 1.85. The maximum Gasteiger partial charge on any atom is 0.292 e. The zero-order chi connectivity index (χ0) is 19.0. The molecule has 1 heterocycles. The average molecular weight is 356 g/mol. The van der Waals surface area contributed by atoms with Gasteiger partial charge in [0.25, 0.3) is 6.73 Å². The molecule has 1 aliphatic rings. The molecule has 27 heavy (non-hydrogen) atoms. The van der Waals surface area contributed by atoms with Gasteiger partial charge in [0.05, 0.1) is 5.56 Å². The molecule has 2 heteroatoms. The number of benzene rings is 3. The molecule has 3 aromatic carbocycles. The first-order valence-electron chi connectivity index (χ1n) is 9.47. The van der Waals surface area contributed by atoms with E-state index in [1.807, 2.05) is 0 Å². The number of hydrogen-bond donors (Lipinski definition) is 0. The first-order chi connectivity index (χ1) is 13.0. The minimum atomic E-state index is -0.129. The highest BCUT2D eigenvalue weighted by molar-refractivity contribution is 5.83. The molecular formula is C25H26NO+. The van der Waals surface area contributed by atoms with Crippen molar-refractivity contribution in [3.63, 3.8) is 0 Å². The molecular weight excluding hydrogens is 330 g/mol. The Kier molecular flexibility index (Phi) is 4.35. The molecule has 1 aliphatic heterocycles. The number of fused-ring (bicyclic) bond motifs is 1. The van der Waals surface area contributed by atoms with Gasteiger partial charge in [-0.1, -0.05) is 68.4 Å². The van der Waals surface area contributed by atoms with E-state index in [1.54, 1.807) is 0 Å². The molecule has 2 nitrogen and oxygen atoms in total. The van der Waals surface area contributed by atoms with Gasteiger partial charge < -0.3 is 4.74 Å². The third-order valence-corrected chi connectivity index (χ3v) is 5.50. The second kappa shape index (κ2) is 6.70. The van der Waals surface area contributed by atoms with Crippen LogP contribution in [0.4, 0.5) is 5.69 Å². The van der Waals surface area contributed by atoms with E-state index in [0.29, 0.717) is 6.73 Å². The Labute approximate surface area is 161 Å². The summed E-state index contributed by atoms with van der Waals surface area (Å²) in [4.78, 5) is 0. The number of rotatable bonds is 3. The number of para-hydroxylation sites is 1. The van der Waals surface area contributed by atoms with Gasteiger partial charge >= 0.3 is 0 Å². The van der Waals surface area contributed by atoms with Gasteiger partial charge in [-0.3, -0.25) is 0 Å². The summed E-state index contributed by atoms with van der Waals surface area (Å²) in [5.74, 6) is 0.999. The fraction of sp³-hybridized carbons (Fsp3) is 0.240. The van der Waals surface area contributed by atoms with Crippen LogP contribution in [0.15, 0.2) is 66.7 Å². The van der Waals surface area contributed by atoms with Crippen LogP contribution in [0.5, 0.6) is 5.75 Å². The topological polar surface area (TPSA) is 12.2 Å². The number of nitrogens with zero attached hydrogens (tertiary/aromatic N) is 1. The van der Waals surface area contributed by atoms with E-state index >= 15 is 0 Å². The van der Waals surface area contributed by atoms with Gasteiger partial charge in [0.15, 0.2) is 6.21 Å². The Bertz CT molecular complexity index is 1020. The summed E-state index contributed by atoms with van der Waals surface area (Å²) in [5.41, 5.74) is 7.23. The first-order valence-corrected chi connectivity index (χ1v) is 9.47. The molecule has 0 aliphatic carbocycles. The minimum Gasteiger partial charge on any atom is -0.435 e. The third kappa shape index (κ3) is 3.16. The molecule has 0 fully saturated rings. The van der Waals surface area contributed by atoms with Crippen molar-refractivity contribution in [3.8, 4) is 5.75 Å². The Morgan fingerprint density at radius 1 is 0.889 bits per heavy atom. The van der Waals surface area contributed by atoms with Gasteiger partial charge in [0, 0.05) is 22.6 Å². The molecule has 0 spiro atoms. The standard InChI is InChI=1S/C25H26NO/c1-18-14-20-16-26(23-13-9-8-10-19(23)2)17-27-24(20)22(15-18)25(3,4)21-11-6-5-7-12-21/h5-16H,17H2,1-4H3/q+1. The van der Waals surface area contributed by atoms with Crippen LogP contribution >= 0.6 is 0 Å². The van der Waals surface area contributed by atoms with Crippen molar-refractivity contribution in [1.82, 2.24) is 0 Å². The molecule has 0 N–H and O–H groups in total. The first kappa shape index (κ1) is 17.5. The highest BCUT2D eigenvalue weighted by Gasteiger charge is 2.31. The van der Waals surface area contributed by atoms with Gasteiger partial charge in [-0.05, 0) is 31.0 Å². The fourth-order valence-electron chi connectivity index (χ4n) is 3.90. The molecule has 3 aromatic rings. The lowest BCUT2D eigenvalue weighted by molar-refractivity contribution is -0.476. The summed E-state index contributed by atoms with van der Waals surface area (Å²) in [6.45, 7) is 9.37. The molecule has 0 aromatic heterocycles. The van der Waals surface area contributed by atoms with Crippen LogP contribution in [0.25, 0.3) is 0 Å².